The summed E-state index contributed by atoms with van der Waals surface area (Å²) in [6.45, 7) is 0. The van der Waals surface area contributed by atoms with Gasteiger partial charge >= 0.3 is 5.97 Å². The summed E-state index contributed by atoms with van der Waals surface area (Å²) in [5.41, 5.74) is 0.152. The highest BCUT2D eigenvalue weighted by molar-refractivity contribution is 9.10. The highest BCUT2D eigenvalue weighted by Gasteiger charge is 2.21. The second kappa shape index (κ2) is 4.87. The normalized spacial score (nSPS) is 12.4. The average molecular weight is 315 g/mol. The number of imidazole rings is 1. The number of hydrogen-bond acceptors (Lipinski definition) is 3. The van der Waals surface area contributed by atoms with Gasteiger partial charge in [-0.05, 0) is 33.6 Å². The highest BCUT2D eigenvalue weighted by atomic mass is 79.9. The van der Waals surface area contributed by atoms with Crippen LogP contribution in [0.1, 0.15) is 27.8 Å². The van der Waals surface area contributed by atoms with Crippen LogP contribution in [0.25, 0.3) is 0 Å². The number of aliphatic hydroxyl groups excluding tert-OH is 1. The number of aromatic carboxylic acids is 1. The first kappa shape index (κ1) is 12.7. The number of nitrogens with zero attached hydrogens (tertiary/aromatic N) is 1. The molecule has 0 aliphatic rings. The number of carboxylic acids is 1. The van der Waals surface area contributed by atoms with Gasteiger partial charge in [0.25, 0.3) is 0 Å². The number of H-pyrrole nitrogens is 1. The maximum absolute atomic E-state index is 13.1. The number of aromatic amines is 1. The van der Waals surface area contributed by atoms with E-state index in [0.717, 1.165) is 0 Å². The first-order chi connectivity index (χ1) is 8.50. The van der Waals surface area contributed by atoms with Crippen molar-refractivity contribution in [3.63, 3.8) is 0 Å². The van der Waals surface area contributed by atoms with Gasteiger partial charge < -0.3 is 15.2 Å². The molecule has 1 atom stereocenters. The maximum atomic E-state index is 13.1. The zero-order valence-corrected chi connectivity index (χ0v) is 10.5. The summed E-state index contributed by atoms with van der Waals surface area (Å²) in [5, 5.41) is 18.9. The maximum Gasteiger partial charge on any atom is 0.356 e. The molecule has 2 rings (SSSR count). The van der Waals surface area contributed by atoms with E-state index in [2.05, 4.69) is 25.9 Å². The predicted molar refractivity (Wildman–Crippen MR) is 63.7 cm³/mol. The second-order valence-electron chi connectivity index (χ2n) is 3.55. The van der Waals surface area contributed by atoms with E-state index in [1.165, 1.54) is 24.5 Å². The van der Waals surface area contributed by atoms with E-state index >= 15 is 0 Å². The lowest BCUT2D eigenvalue weighted by molar-refractivity contribution is 0.0685. The van der Waals surface area contributed by atoms with Crippen molar-refractivity contribution in [1.82, 2.24) is 9.97 Å². The van der Waals surface area contributed by atoms with Crippen molar-refractivity contribution in [3.8, 4) is 0 Å². The second-order valence-corrected chi connectivity index (χ2v) is 4.40. The first-order valence-corrected chi connectivity index (χ1v) is 5.69. The number of aliphatic hydroxyl groups is 1. The molecule has 0 saturated carbocycles. The molecular formula is C11H8BrFN2O3. The molecule has 0 fully saturated rings. The quantitative estimate of drug-likeness (QED) is 0.809. The van der Waals surface area contributed by atoms with Crippen molar-refractivity contribution >= 4 is 21.9 Å². The molecule has 0 spiro atoms. The van der Waals surface area contributed by atoms with Crippen molar-refractivity contribution in [2.45, 2.75) is 6.10 Å². The van der Waals surface area contributed by atoms with E-state index in [4.69, 9.17) is 5.11 Å². The number of aromatic nitrogens is 2. The minimum atomic E-state index is -1.24. The molecule has 0 amide bonds. The lowest BCUT2D eigenvalue weighted by Crippen LogP contribution is -2.08. The Morgan fingerprint density at radius 2 is 2.22 bits per heavy atom. The molecule has 1 unspecified atom stereocenters. The summed E-state index contributed by atoms with van der Waals surface area (Å²) in [4.78, 5) is 17.0. The molecule has 1 aromatic carbocycles. The molecule has 5 nitrogen and oxygen atoms in total. The minimum Gasteiger partial charge on any atom is -0.476 e. The largest absolute Gasteiger partial charge is 0.476 e. The van der Waals surface area contributed by atoms with Gasteiger partial charge in [-0.1, -0.05) is 6.07 Å². The van der Waals surface area contributed by atoms with E-state index < -0.39 is 17.9 Å². The van der Waals surface area contributed by atoms with Crippen LogP contribution in [0.15, 0.2) is 29.0 Å². The lowest BCUT2D eigenvalue weighted by atomic mass is 10.1. The molecule has 0 radical (unpaired) electrons. The van der Waals surface area contributed by atoms with E-state index in [0.29, 0.717) is 5.56 Å². The van der Waals surface area contributed by atoms with Gasteiger partial charge in [-0.3, -0.25) is 0 Å². The van der Waals surface area contributed by atoms with Gasteiger partial charge in [0.15, 0.2) is 5.69 Å². The van der Waals surface area contributed by atoms with Crippen molar-refractivity contribution in [2.75, 3.05) is 0 Å². The van der Waals surface area contributed by atoms with Crippen LogP contribution in [0.3, 0.4) is 0 Å². The van der Waals surface area contributed by atoms with Gasteiger partial charge in [0, 0.05) is 0 Å². The fourth-order valence-electron chi connectivity index (χ4n) is 1.53. The van der Waals surface area contributed by atoms with E-state index in [9.17, 15) is 14.3 Å². The van der Waals surface area contributed by atoms with Crippen molar-refractivity contribution in [3.05, 3.63) is 51.8 Å². The smallest absolute Gasteiger partial charge is 0.356 e. The third kappa shape index (κ3) is 2.27. The van der Waals surface area contributed by atoms with Crippen LogP contribution < -0.4 is 0 Å². The fraction of sp³-hybridized carbons (Fsp3) is 0.0909. The fourth-order valence-corrected chi connectivity index (χ4v) is 1.93. The summed E-state index contributed by atoms with van der Waals surface area (Å²) in [7, 11) is 0. The number of hydrogen-bond donors (Lipinski definition) is 3. The Kier molecular flexibility index (Phi) is 3.44. The molecule has 2 aromatic rings. The summed E-state index contributed by atoms with van der Waals surface area (Å²) in [5.74, 6) is -1.71. The lowest BCUT2D eigenvalue weighted by Gasteiger charge is -2.10. The van der Waals surface area contributed by atoms with Crippen LogP contribution in [0.2, 0.25) is 0 Å². The Hall–Kier alpha value is -1.73. The molecule has 0 aliphatic heterocycles. The van der Waals surface area contributed by atoms with Crippen molar-refractivity contribution in [1.29, 1.82) is 0 Å². The molecular weight excluding hydrogens is 307 g/mol. The highest BCUT2D eigenvalue weighted by Crippen LogP contribution is 2.26. The molecule has 1 heterocycles. The molecule has 0 aliphatic carbocycles. The Bertz CT molecular complexity index is 600. The number of halogens is 2. The van der Waals surface area contributed by atoms with Crippen LogP contribution in [0, 0.1) is 5.82 Å². The van der Waals surface area contributed by atoms with Crippen molar-refractivity contribution < 1.29 is 19.4 Å². The molecule has 94 valence electrons. The number of benzene rings is 1. The molecule has 3 N–H and O–H groups in total. The van der Waals surface area contributed by atoms with Gasteiger partial charge in [-0.15, -0.1) is 0 Å². The third-order valence-corrected chi connectivity index (χ3v) is 3.01. The zero-order chi connectivity index (χ0) is 13.3. The van der Waals surface area contributed by atoms with Gasteiger partial charge in [0.1, 0.15) is 11.9 Å². The summed E-state index contributed by atoms with van der Waals surface area (Å²) >= 11 is 3.00. The van der Waals surface area contributed by atoms with Crippen LogP contribution in [0.5, 0.6) is 0 Å². The van der Waals surface area contributed by atoms with Gasteiger partial charge in [-0.2, -0.15) is 0 Å². The number of carboxylic acid groups (broad SMARTS) is 1. The Labute approximate surface area is 109 Å². The third-order valence-electron chi connectivity index (χ3n) is 2.40. The van der Waals surface area contributed by atoms with Crippen LogP contribution in [-0.4, -0.2) is 26.2 Å². The van der Waals surface area contributed by atoms with Gasteiger partial charge in [0.05, 0.1) is 16.5 Å². The van der Waals surface area contributed by atoms with E-state index in [-0.39, 0.29) is 15.9 Å². The van der Waals surface area contributed by atoms with Crippen molar-refractivity contribution in [2.24, 2.45) is 0 Å². The zero-order valence-electron chi connectivity index (χ0n) is 8.89. The van der Waals surface area contributed by atoms with E-state index in [1.807, 2.05) is 0 Å². The molecule has 0 saturated heterocycles. The Balaban J connectivity index is 2.41. The molecule has 0 bridgehead atoms. The first-order valence-electron chi connectivity index (χ1n) is 4.90. The molecule has 1 aromatic heterocycles. The predicted octanol–water partition coefficient (Wildman–Crippen LogP) is 2.09. The summed E-state index contributed by atoms with van der Waals surface area (Å²) < 4.78 is 13.3. The standard InChI is InChI=1S/C11H8BrFN2O3/c12-6-3-5(1-2-7(6)13)10(16)8-9(11(17)18)15-4-14-8/h1-4,10,16H,(H,14,15)(H,17,18). The number of nitrogens with one attached hydrogen (secondary N) is 1. The SMILES string of the molecule is O=C(O)c1nc[nH]c1C(O)c1ccc(F)c(Br)c1. The average Bonchev–Trinajstić information content (AvgIpc) is 2.81. The molecule has 18 heavy (non-hydrogen) atoms. The summed E-state index contributed by atoms with van der Waals surface area (Å²) in [6.07, 6.45) is -0.0314. The van der Waals surface area contributed by atoms with Crippen LogP contribution in [-0.2, 0) is 0 Å². The Morgan fingerprint density at radius 1 is 1.50 bits per heavy atom. The Morgan fingerprint density at radius 3 is 2.83 bits per heavy atom. The van der Waals surface area contributed by atoms with Gasteiger partial charge in [-0.25, -0.2) is 14.2 Å². The topological polar surface area (TPSA) is 86.2 Å². The number of carbonyl (C=O) groups is 1. The monoisotopic (exact) mass is 314 g/mol. The molecule has 7 heteroatoms. The van der Waals surface area contributed by atoms with Gasteiger partial charge in [0.2, 0.25) is 0 Å². The van der Waals surface area contributed by atoms with Crippen LogP contribution in [0.4, 0.5) is 4.39 Å². The van der Waals surface area contributed by atoms with E-state index in [1.54, 1.807) is 0 Å². The summed E-state index contributed by atoms with van der Waals surface area (Å²) in [6, 6.07) is 3.93. The number of rotatable bonds is 3. The minimum absolute atomic E-state index is 0.0565. The van der Waals surface area contributed by atoms with Crippen LogP contribution >= 0.6 is 15.9 Å².